The topological polar surface area (TPSA) is 50.4 Å². The minimum Gasteiger partial charge on any atom is -0.383 e. The number of amides is 1. The normalized spacial score (nSPS) is 13.3. The first kappa shape index (κ1) is 18.2. The number of carbonyl (C=O) groups is 1. The molecule has 0 radical (unpaired) electrons. The van der Waals surface area contributed by atoms with Crippen molar-refractivity contribution in [2.45, 2.75) is 32.9 Å². The van der Waals surface area contributed by atoms with Gasteiger partial charge in [-0.05, 0) is 43.5 Å². The van der Waals surface area contributed by atoms with Crippen molar-refractivity contribution in [2.75, 3.05) is 19.0 Å². The third-order valence-electron chi connectivity index (χ3n) is 3.91. The molecule has 0 aliphatic carbocycles. The summed E-state index contributed by atoms with van der Waals surface area (Å²) in [6, 6.07) is 15.4. The van der Waals surface area contributed by atoms with Crippen molar-refractivity contribution in [1.82, 2.24) is 5.32 Å². The Morgan fingerprint density at radius 2 is 1.83 bits per heavy atom. The van der Waals surface area contributed by atoms with Gasteiger partial charge in [0.1, 0.15) is 6.04 Å². The molecule has 0 heterocycles. The minimum absolute atomic E-state index is 0.0598. The predicted molar refractivity (Wildman–Crippen MR) is 98.2 cm³/mol. The van der Waals surface area contributed by atoms with Gasteiger partial charge < -0.3 is 10.1 Å². The monoisotopic (exact) mass is 326 g/mol. The smallest absolute Gasteiger partial charge is 0.246 e. The molecule has 0 bridgehead atoms. The van der Waals surface area contributed by atoms with Crippen molar-refractivity contribution < 1.29 is 9.53 Å². The highest BCUT2D eigenvalue weighted by molar-refractivity contribution is 5.96. The van der Waals surface area contributed by atoms with E-state index in [1.165, 1.54) is 0 Å². The van der Waals surface area contributed by atoms with Gasteiger partial charge in [0.25, 0.3) is 0 Å². The summed E-state index contributed by atoms with van der Waals surface area (Å²) >= 11 is 0. The van der Waals surface area contributed by atoms with Gasteiger partial charge in [0.05, 0.1) is 6.61 Å². The summed E-state index contributed by atoms with van der Waals surface area (Å²) in [5.74, 6) is -0.0714. The molecule has 2 aromatic carbocycles. The molecule has 2 N–H and O–H groups in total. The van der Waals surface area contributed by atoms with E-state index in [1.807, 2.05) is 69.3 Å². The van der Waals surface area contributed by atoms with Gasteiger partial charge in [-0.1, -0.05) is 42.5 Å². The van der Waals surface area contributed by atoms with Crippen LogP contribution in [-0.2, 0) is 9.53 Å². The highest BCUT2D eigenvalue weighted by atomic mass is 16.5. The van der Waals surface area contributed by atoms with Crippen LogP contribution in [-0.4, -0.2) is 25.7 Å². The summed E-state index contributed by atoms with van der Waals surface area (Å²) in [5, 5.41) is 6.41. The van der Waals surface area contributed by atoms with E-state index >= 15 is 0 Å². The number of anilines is 1. The van der Waals surface area contributed by atoms with Crippen LogP contribution in [0.5, 0.6) is 0 Å². The summed E-state index contributed by atoms with van der Waals surface area (Å²) in [5.41, 5.74) is 3.95. The Balaban J connectivity index is 2.22. The van der Waals surface area contributed by atoms with Crippen molar-refractivity contribution in [3.05, 3.63) is 65.2 Å². The quantitative estimate of drug-likeness (QED) is 0.817. The lowest BCUT2D eigenvalue weighted by molar-refractivity contribution is -0.118. The van der Waals surface area contributed by atoms with Crippen LogP contribution in [0.2, 0.25) is 0 Å². The molecule has 0 spiro atoms. The molecule has 0 aliphatic rings. The fraction of sp³-hybridized carbons (Fsp3) is 0.350. The number of nitrogens with one attached hydrogen (secondary N) is 2. The SMILES string of the molecule is COC[C@H](C)N[C@H](C(=O)Nc1cc(C)ccc1C)c1ccccc1. The number of aryl methyl sites for hydroxylation is 2. The van der Waals surface area contributed by atoms with Crippen LogP contribution in [0.4, 0.5) is 5.69 Å². The lowest BCUT2D eigenvalue weighted by Crippen LogP contribution is -2.40. The molecule has 0 unspecified atom stereocenters. The lowest BCUT2D eigenvalue weighted by Gasteiger charge is -2.23. The third-order valence-corrected chi connectivity index (χ3v) is 3.91. The molecular weight excluding hydrogens is 300 g/mol. The molecule has 128 valence electrons. The van der Waals surface area contributed by atoms with Gasteiger partial charge in [-0.15, -0.1) is 0 Å². The fourth-order valence-corrected chi connectivity index (χ4v) is 2.63. The van der Waals surface area contributed by atoms with Crippen molar-refractivity contribution >= 4 is 11.6 Å². The van der Waals surface area contributed by atoms with Crippen molar-refractivity contribution in [3.63, 3.8) is 0 Å². The number of ether oxygens (including phenoxy) is 1. The van der Waals surface area contributed by atoms with Crippen LogP contribution in [0.1, 0.15) is 29.7 Å². The van der Waals surface area contributed by atoms with Crippen LogP contribution < -0.4 is 10.6 Å². The number of hydrogen-bond donors (Lipinski definition) is 2. The van der Waals surface area contributed by atoms with Gasteiger partial charge in [-0.3, -0.25) is 10.1 Å². The molecule has 0 aromatic heterocycles. The molecule has 24 heavy (non-hydrogen) atoms. The highest BCUT2D eigenvalue weighted by Crippen LogP contribution is 2.20. The molecule has 4 nitrogen and oxygen atoms in total. The van der Waals surface area contributed by atoms with E-state index in [9.17, 15) is 4.79 Å². The molecule has 0 saturated heterocycles. The zero-order valence-electron chi connectivity index (χ0n) is 14.8. The average Bonchev–Trinajstić information content (AvgIpc) is 2.57. The molecular formula is C20H26N2O2. The second-order valence-electron chi connectivity index (χ2n) is 6.17. The first-order valence-corrected chi connectivity index (χ1v) is 8.19. The Kier molecular flexibility index (Phi) is 6.53. The number of carbonyl (C=O) groups excluding carboxylic acids is 1. The van der Waals surface area contributed by atoms with Crippen molar-refractivity contribution in [1.29, 1.82) is 0 Å². The van der Waals surface area contributed by atoms with Crippen molar-refractivity contribution in [3.8, 4) is 0 Å². The number of benzene rings is 2. The first-order chi connectivity index (χ1) is 11.5. The maximum atomic E-state index is 12.9. The molecule has 0 aliphatic heterocycles. The Bertz CT molecular complexity index is 671. The van der Waals surface area contributed by atoms with E-state index in [2.05, 4.69) is 10.6 Å². The predicted octanol–water partition coefficient (Wildman–Crippen LogP) is 3.61. The largest absolute Gasteiger partial charge is 0.383 e. The lowest BCUT2D eigenvalue weighted by atomic mass is 10.0. The van der Waals surface area contributed by atoms with Crippen LogP contribution >= 0.6 is 0 Å². The maximum absolute atomic E-state index is 12.9. The van der Waals surface area contributed by atoms with E-state index in [4.69, 9.17) is 4.74 Å². The van der Waals surface area contributed by atoms with Crippen LogP contribution in [0.3, 0.4) is 0 Å². The summed E-state index contributed by atoms with van der Waals surface area (Å²) in [6.45, 7) is 6.56. The first-order valence-electron chi connectivity index (χ1n) is 8.19. The second-order valence-corrected chi connectivity index (χ2v) is 6.17. The summed E-state index contributed by atoms with van der Waals surface area (Å²) in [7, 11) is 1.66. The second kappa shape index (κ2) is 8.62. The van der Waals surface area contributed by atoms with E-state index in [1.54, 1.807) is 7.11 Å². The highest BCUT2D eigenvalue weighted by Gasteiger charge is 2.22. The molecule has 4 heteroatoms. The van der Waals surface area contributed by atoms with Crippen LogP contribution in [0.15, 0.2) is 48.5 Å². The zero-order valence-corrected chi connectivity index (χ0v) is 14.8. The number of hydrogen-bond acceptors (Lipinski definition) is 3. The van der Waals surface area contributed by atoms with E-state index in [-0.39, 0.29) is 11.9 Å². The van der Waals surface area contributed by atoms with E-state index < -0.39 is 6.04 Å². The Hall–Kier alpha value is -2.17. The summed E-state index contributed by atoms with van der Waals surface area (Å²) < 4.78 is 5.18. The Morgan fingerprint density at radius 1 is 1.12 bits per heavy atom. The van der Waals surface area contributed by atoms with E-state index in [0.717, 1.165) is 22.4 Å². The zero-order chi connectivity index (χ0) is 17.5. The van der Waals surface area contributed by atoms with Gasteiger partial charge in [-0.25, -0.2) is 0 Å². The summed E-state index contributed by atoms with van der Waals surface area (Å²) in [4.78, 5) is 12.9. The Morgan fingerprint density at radius 3 is 2.50 bits per heavy atom. The molecule has 2 aromatic rings. The number of methoxy groups -OCH3 is 1. The standard InChI is InChI=1S/C20H26N2O2/c1-14-10-11-15(2)18(12-14)22-20(23)19(21-16(3)13-24-4)17-8-6-5-7-9-17/h5-12,16,19,21H,13H2,1-4H3,(H,22,23)/t16-,19-/m0/s1. The summed E-state index contributed by atoms with van der Waals surface area (Å²) in [6.07, 6.45) is 0. The van der Waals surface area contributed by atoms with Gasteiger partial charge in [0, 0.05) is 18.8 Å². The van der Waals surface area contributed by atoms with Crippen LogP contribution in [0, 0.1) is 13.8 Å². The van der Waals surface area contributed by atoms with Crippen LogP contribution in [0.25, 0.3) is 0 Å². The van der Waals surface area contributed by atoms with Gasteiger partial charge in [0.2, 0.25) is 5.91 Å². The van der Waals surface area contributed by atoms with Gasteiger partial charge in [-0.2, -0.15) is 0 Å². The average molecular weight is 326 g/mol. The molecule has 1 amide bonds. The minimum atomic E-state index is -0.434. The maximum Gasteiger partial charge on any atom is 0.246 e. The molecule has 2 atom stereocenters. The van der Waals surface area contributed by atoms with Gasteiger partial charge in [0.15, 0.2) is 0 Å². The Labute approximate surface area is 144 Å². The fourth-order valence-electron chi connectivity index (χ4n) is 2.63. The van der Waals surface area contributed by atoms with Gasteiger partial charge >= 0.3 is 0 Å². The molecule has 0 fully saturated rings. The molecule has 2 rings (SSSR count). The van der Waals surface area contributed by atoms with Crippen molar-refractivity contribution in [2.24, 2.45) is 0 Å². The van der Waals surface area contributed by atoms with E-state index in [0.29, 0.717) is 6.61 Å². The molecule has 0 saturated carbocycles. The third kappa shape index (κ3) is 4.91. The number of rotatable bonds is 7.